The maximum absolute atomic E-state index is 11.9. The van der Waals surface area contributed by atoms with Gasteiger partial charge in [0.15, 0.2) is 29.7 Å². The molecule has 12 heteroatoms. The Morgan fingerprint density at radius 3 is 1.74 bits per heavy atom. The number of aliphatic carboxylic acids is 1. The van der Waals surface area contributed by atoms with Gasteiger partial charge in [0.1, 0.15) is 12.7 Å². The Balaban J connectivity index is 2.17. The van der Waals surface area contributed by atoms with Crippen LogP contribution in [0.2, 0.25) is 0 Å². The summed E-state index contributed by atoms with van der Waals surface area (Å²) in [7, 11) is -7.16. The minimum Gasteiger partial charge on any atom is -0.481 e. The first-order chi connectivity index (χ1) is 15.8. The number of hydrogen-bond donors (Lipinski definition) is 1. The molecule has 0 aliphatic carbocycles. The second kappa shape index (κ2) is 9.66. The lowest BCUT2D eigenvalue weighted by atomic mass is 10.0. The Morgan fingerprint density at radius 1 is 0.853 bits per heavy atom. The van der Waals surface area contributed by atoms with Gasteiger partial charge in [0.05, 0.1) is 17.3 Å². The van der Waals surface area contributed by atoms with Gasteiger partial charge in [-0.15, -0.1) is 0 Å². The number of hydrogen-bond acceptors (Lipinski definition) is 9. The van der Waals surface area contributed by atoms with Crippen LogP contribution in [0.15, 0.2) is 53.0 Å². The van der Waals surface area contributed by atoms with Crippen LogP contribution in [-0.4, -0.2) is 60.4 Å². The van der Waals surface area contributed by atoms with Gasteiger partial charge in [-0.25, -0.2) is 36.8 Å². The van der Waals surface area contributed by atoms with Crippen LogP contribution in [0.1, 0.15) is 18.9 Å². The molecule has 10 nitrogen and oxygen atoms in total. The number of carbonyl (C=O) groups is 1. The topological polar surface area (TPSA) is 157 Å². The third-order valence-corrected chi connectivity index (χ3v) is 6.60. The van der Waals surface area contributed by atoms with E-state index in [-0.39, 0.29) is 16.5 Å². The van der Waals surface area contributed by atoms with Gasteiger partial charge in [-0.1, -0.05) is 18.8 Å². The van der Waals surface area contributed by atoms with Gasteiger partial charge < -0.3 is 5.11 Å². The lowest BCUT2D eigenvalue weighted by Gasteiger charge is -2.08. The molecular weight excluding hydrogens is 480 g/mol. The van der Waals surface area contributed by atoms with Gasteiger partial charge in [0, 0.05) is 47.8 Å². The highest BCUT2D eigenvalue weighted by Gasteiger charge is 2.15. The van der Waals surface area contributed by atoms with E-state index in [1.54, 1.807) is 25.1 Å². The van der Waals surface area contributed by atoms with E-state index in [1.807, 2.05) is 0 Å². The summed E-state index contributed by atoms with van der Waals surface area (Å²) in [6.07, 6.45) is 4.44. The van der Waals surface area contributed by atoms with Crippen LogP contribution in [0, 0.1) is 17.8 Å². The maximum atomic E-state index is 11.9. The molecule has 0 saturated heterocycles. The molecule has 0 saturated carbocycles. The van der Waals surface area contributed by atoms with Crippen molar-refractivity contribution in [1.82, 2.24) is 19.9 Å². The molecule has 0 spiro atoms. The number of nitrogens with zero attached hydrogens (tertiary/aromatic N) is 4. The number of sulfone groups is 2. The van der Waals surface area contributed by atoms with Gasteiger partial charge in [0.2, 0.25) is 0 Å². The maximum Gasteiger partial charge on any atom is 0.307 e. The van der Waals surface area contributed by atoms with E-state index in [9.17, 15) is 21.6 Å². The average molecular weight is 501 g/mol. The van der Waals surface area contributed by atoms with Crippen LogP contribution in [0.4, 0.5) is 0 Å². The minimum atomic E-state index is -3.58. The van der Waals surface area contributed by atoms with Crippen LogP contribution in [0.3, 0.4) is 0 Å². The second-order valence-corrected chi connectivity index (χ2v) is 11.5. The zero-order valence-corrected chi connectivity index (χ0v) is 20.1. The molecule has 3 rings (SSSR count). The molecule has 0 amide bonds. The highest BCUT2D eigenvalue weighted by Crippen LogP contribution is 2.27. The first-order valence-corrected chi connectivity index (χ1v) is 13.5. The Bertz CT molecular complexity index is 1450. The Labute approximate surface area is 197 Å². The third-order valence-electron chi connectivity index (χ3n) is 4.63. The summed E-state index contributed by atoms with van der Waals surface area (Å²) in [5, 5.41) is 8.73. The van der Waals surface area contributed by atoms with Crippen LogP contribution in [0.5, 0.6) is 0 Å². The summed E-state index contributed by atoms with van der Waals surface area (Å²) < 4.78 is 47.7. The van der Waals surface area contributed by atoms with E-state index < -0.39 is 31.6 Å². The third kappa shape index (κ3) is 6.21. The summed E-state index contributed by atoms with van der Waals surface area (Å²) in [5.74, 6) is 4.10. The van der Waals surface area contributed by atoms with Gasteiger partial charge in [-0.2, -0.15) is 0 Å². The Hall–Kier alpha value is -3.69. The van der Waals surface area contributed by atoms with Crippen LogP contribution in [-0.2, 0) is 24.5 Å². The van der Waals surface area contributed by atoms with Crippen molar-refractivity contribution in [3.63, 3.8) is 0 Å². The molecule has 1 aromatic carbocycles. The summed E-state index contributed by atoms with van der Waals surface area (Å²) in [5.41, 5.74) is 2.05. The molecule has 1 N–H and O–H groups in total. The molecule has 0 radical (unpaired) electrons. The minimum absolute atomic E-state index is 0.117. The van der Waals surface area contributed by atoms with Crippen molar-refractivity contribution in [2.24, 2.45) is 5.92 Å². The zero-order valence-electron chi connectivity index (χ0n) is 18.4. The molecule has 1 unspecified atom stereocenters. The van der Waals surface area contributed by atoms with Crippen molar-refractivity contribution in [2.45, 2.75) is 23.4 Å². The number of carboxylic acid groups (broad SMARTS) is 1. The zero-order chi connectivity index (χ0) is 25.1. The molecule has 1 atom stereocenters. The Morgan fingerprint density at radius 2 is 1.32 bits per heavy atom. The summed E-state index contributed by atoms with van der Waals surface area (Å²) in [6, 6.07) is 7.62. The van der Waals surface area contributed by atoms with E-state index in [2.05, 4.69) is 31.8 Å². The van der Waals surface area contributed by atoms with Crippen molar-refractivity contribution in [3.05, 3.63) is 48.5 Å². The van der Waals surface area contributed by atoms with Gasteiger partial charge in [-0.3, -0.25) is 4.79 Å². The van der Waals surface area contributed by atoms with Crippen molar-refractivity contribution < 1.29 is 26.7 Å². The molecule has 0 aliphatic heterocycles. The van der Waals surface area contributed by atoms with Crippen LogP contribution < -0.4 is 0 Å². The molecule has 34 heavy (non-hydrogen) atoms. The number of rotatable bonds is 6. The number of aromatic nitrogens is 4. The molecule has 2 aromatic heterocycles. The molecule has 176 valence electrons. The monoisotopic (exact) mass is 500 g/mol. The largest absolute Gasteiger partial charge is 0.481 e. The van der Waals surface area contributed by atoms with Crippen LogP contribution >= 0.6 is 0 Å². The molecule has 0 aliphatic rings. The van der Waals surface area contributed by atoms with E-state index >= 15 is 0 Å². The van der Waals surface area contributed by atoms with Crippen molar-refractivity contribution >= 4 is 25.6 Å². The smallest absolute Gasteiger partial charge is 0.307 e. The SMILES string of the molecule is CC(CC#Cc1cc(-c2cc(S(C)(=O)=O)ncn2)cc(-c2cc(S(C)(=O)=O)ncn2)c1)C(=O)O. The highest BCUT2D eigenvalue weighted by atomic mass is 32.2. The predicted octanol–water partition coefficient (Wildman–Crippen LogP) is 1.87. The molecule has 0 fully saturated rings. The van der Waals surface area contributed by atoms with E-state index in [1.165, 1.54) is 12.1 Å². The molecular formula is C22H20N4O6S2. The van der Waals surface area contributed by atoms with Crippen molar-refractivity contribution in [1.29, 1.82) is 0 Å². The molecule has 0 bridgehead atoms. The quantitative estimate of drug-likeness (QED) is 0.391. The fraction of sp³-hybridized carbons (Fsp3) is 0.227. The first kappa shape index (κ1) is 24.9. The van der Waals surface area contributed by atoms with Crippen LogP contribution in [0.25, 0.3) is 22.5 Å². The van der Waals surface area contributed by atoms with Crippen molar-refractivity contribution in [3.8, 4) is 34.4 Å². The summed E-state index contributed by atoms with van der Waals surface area (Å²) in [4.78, 5) is 27.0. The fourth-order valence-electron chi connectivity index (χ4n) is 2.79. The van der Waals surface area contributed by atoms with E-state index in [4.69, 9.17) is 5.11 Å². The average Bonchev–Trinajstić information content (AvgIpc) is 2.78. The summed E-state index contributed by atoms with van der Waals surface area (Å²) >= 11 is 0. The Kier molecular flexibility index (Phi) is 7.09. The predicted molar refractivity (Wildman–Crippen MR) is 123 cm³/mol. The lowest BCUT2D eigenvalue weighted by Crippen LogP contribution is -2.07. The van der Waals surface area contributed by atoms with E-state index in [0.717, 1.165) is 25.2 Å². The van der Waals surface area contributed by atoms with Gasteiger partial charge in [-0.05, 0) is 18.2 Å². The standard InChI is InChI=1S/C22H20N4O6S2/c1-14(22(27)28)5-4-6-15-7-16(18-10-20(25-12-23-18)33(2,29)30)9-17(8-15)19-11-21(26-13-24-19)34(3,31)32/h7-14H,5H2,1-3H3,(H,27,28). The van der Waals surface area contributed by atoms with Crippen molar-refractivity contribution in [2.75, 3.05) is 12.5 Å². The highest BCUT2D eigenvalue weighted by molar-refractivity contribution is 7.90. The lowest BCUT2D eigenvalue weighted by molar-refractivity contribution is -0.140. The van der Waals surface area contributed by atoms with E-state index in [0.29, 0.717) is 28.1 Å². The number of benzene rings is 1. The fourth-order valence-corrected chi connectivity index (χ4v) is 3.92. The van der Waals surface area contributed by atoms with Gasteiger partial charge in [0.25, 0.3) is 0 Å². The summed E-state index contributed by atoms with van der Waals surface area (Å²) in [6.45, 7) is 1.54. The first-order valence-electron chi connectivity index (χ1n) is 9.76. The van der Waals surface area contributed by atoms with Gasteiger partial charge >= 0.3 is 5.97 Å². The second-order valence-electron chi connectivity index (χ2n) is 7.57. The normalized spacial score (nSPS) is 12.4. The molecule has 2 heterocycles. The number of carboxylic acids is 1. The molecule has 3 aromatic rings.